The van der Waals surface area contributed by atoms with Crippen LogP contribution in [-0.4, -0.2) is 53.6 Å². The van der Waals surface area contributed by atoms with Gasteiger partial charge < -0.3 is 4.74 Å². The van der Waals surface area contributed by atoms with Crippen LogP contribution in [0.25, 0.3) is 0 Å². The van der Waals surface area contributed by atoms with Gasteiger partial charge in [-0.2, -0.15) is 9.40 Å². The minimum atomic E-state index is -3.40. The lowest BCUT2D eigenvalue weighted by Crippen LogP contribution is -2.40. The highest BCUT2D eigenvalue weighted by molar-refractivity contribution is 9.09. The number of hydrogen-bond donors (Lipinski definition) is 0. The van der Waals surface area contributed by atoms with Crippen LogP contribution in [0.15, 0.2) is 17.3 Å². The van der Waals surface area contributed by atoms with Crippen molar-refractivity contribution in [3.05, 3.63) is 12.4 Å². The summed E-state index contributed by atoms with van der Waals surface area (Å²) in [5.74, 6) is 0. The molecule has 1 aromatic rings. The zero-order valence-corrected chi connectivity index (χ0v) is 13.2. The van der Waals surface area contributed by atoms with E-state index in [0.717, 1.165) is 18.2 Å². The molecule has 2 rings (SSSR count). The number of aromatic nitrogens is 2. The molecule has 0 aromatic carbocycles. The highest BCUT2D eigenvalue weighted by atomic mass is 79.9. The molecule has 19 heavy (non-hydrogen) atoms. The van der Waals surface area contributed by atoms with Gasteiger partial charge in [0.15, 0.2) is 0 Å². The minimum Gasteiger partial charge on any atom is -0.377 e. The van der Waals surface area contributed by atoms with Gasteiger partial charge in [-0.25, -0.2) is 8.42 Å². The van der Waals surface area contributed by atoms with Gasteiger partial charge in [-0.15, -0.1) is 0 Å². The molecule has 0 unspecified atom stereocenters. The number of nitrogens with zero attached hydrogens (tertiary/aromatic N) is 3. The molecule has 0 aliphatic carbocycles. The van der Waals surface area contributed by atoms with Crippen LogP contribution in [0.5, 0.6) is 0 Å². The van der Waals surface area contributed by atoms with E-state index in [-0.39, 0.29) is 11.0 Å². The molecule has 0 spiro atoms. The third-order valence-corrected chi connectivity index (χ3v) is 5.33. The number of sulfonamides is 1. The first-order valence-electron chi connectivity index (χ1n) is 6.20. The molecule has 1 aliphatic rings. The van der Waals surface area contributed by atoms with Gasteiger partial charge in [0, 0.05) is 31.7 Å². The second kappa shape index (κ2) is 6.34. The monoisotopic (exact) mass is 351 g/mol. The molecule has 0 saturated carbocycles. The van der Waals surface area contributed by atoms with Crippen molar-refractivity contribution < 1.29 is 13.2 Å². The molecule has 6 nitrogen and oxygen atoms in total. The van der Waals surface area contributed by atoms with Crippen molar-refractivity contribution in [2.24, 2.45) is 7.05 Å². The third-order valence-electron chi connectivity index (χ3n) is 3.15. The molecule has 1 aliphatic heterocycles. The molecule has 2 heterocycles. The summed E-state index contributed by atoms with van der Waals surface area (Å²) in [7, 11) is -1.69. The normalized spacial score (nSPS) is 18.8. The van der Waals surface area contributed by atoms with Crippen molar-refractivity contribution in [2.45, 2.75) is 23.8 Å². The van der Waals surface area contributed by atoms with E-state index < -0.39 is 10.0 Å². The van der Waals surface area contributed by atoms with Gasteiger partial charge in [0.25, 0.3) is 0 Å². The van der Waals surface area contributed by atoms with Crippen LogP contribution in [-0.2, 0) is 21.8 Å². The van der Waals surface area contributed by atoms with E-state index in [1.165, 1.54) is 21.4 Å². The summed E-state index contributed by atoms with van der Waals surface area (Å²) in [5, 5.41) is 4.72. The first kappa shape index (κ1) is 15.0. The van der Waals surface area contributed by atoms with Crippen LogP contribution in [0, 0.1) is 0 Å². The van der Waals surface area contributed by atoms with Gasteiger partial charge in [-0.05, 0) is 12.8 Å². The maximum Gasteiger partial charge on any atom is 0.246 e. The number of ether oxygens (including phenoxy) is 1. The van der Waals surface area contributed by atoms with E-state index in [9.17, 15) is 8.42 Å². The lowest BCUT2D eigenvalue weighted by molar-refractivity contribution is 0.0309. The van der Waals surface area contributed by atoms with Gasteiger partial charge in [0.05, 0.1) is 18.9 Å². The fourth-order valence-electron chi connectivity index (χ4n) is 2.13. The molecular weight excluding hydrogens is 334 g/mol. The fourth-order valence-corrected chi connectivity index (χ4v) is 3.77. The quantitative estimate of drug-likeness (QED) is 0.742. The van der Waals surface area contributed by atoms with E-state index in [1.807, 2.05) is 0 Å². The predicted octanol–water partition coefficient (Wildman–Crippen LogP) is 0.985. The van der Waals surface area contributed by atoms with Crippen molar-refractivity contribution in [2.75, 3.05) is 25.0 Å². The standard InChI is InChI=1S/C11H18BrN3O3S/c1-14-9-11(8-13-14)19(16,17)15-5-2-10(3-6-15)18-7-4-12/h8-10H,2-7H2,1H3. The molecule has 0 N–H and O–H groups in total. The number of rotatable bonds is 5. The van der Waals surface area contributed by atoms with E-state index in [2.05, 4.69) is 21.0 Å². The highest BCUT2D eigenvalue weighted by Gasteiger charge is 2.30. The lowest BCUT2D eigenvalue weighted by Gasteiger charge is -2.30. The Kier molecular flexibility index (Phi) is 4.99. The number of alkyl halides is 1. The summed E-state index contributed by atoms with van der Waals surface area (Å²) < 4.78 is 33.3. The third kappa shape index (κ3) is 3.56. The van der Waals surface area contributed by atoms with Crippen LogP contribution in [0.4, 0.5) is 0 Å². The summed E-state index contributed by atoms with van der Waals surface area (Å²) >= 11 is 3.31. The van der Waals surface area contributed by atoms with Crippen molar-refractivity contribution in [1.82, 2.24) is 14.1 Å². The molecule has 108 valence electrons. The van der Waals surface area contributed by atoms with Crippen LogP contribution in [0.3, 0.4) is 0 Å². The Labute approximate surface area is 121 Å². The Hall–Kier alpha value is -0.440. The van der Waals surface area contributed by atoms with Gasteiger partial charge >= 0.3 is 0 Å². The van der Waals surface area contributed by atoms with Gasteiger partial charge in [0.1, 0.15) is 4.90 Å². The first-order chi connectivity index (χ1) is 9.04. The maximum atomic E-state index is 12.3. The average molecular weight is 352 g/mol. The summed E-state index contributed by atoms with van der Waals surface area (Å²) in [6.45, 7) is 1.67. The number of aryl methyl sites for hydroxylation is 1. The van der Waals surface area contributed by atoms with Gasteiger partial charge in [-0.3, -0.25) is 4.68 Å². The Balaban J connectivity index is 1.97. The van der Waals surface area contributed by atoms with Crippen LogP contribution in [0.1, 0.15) is 12.8 Å². The topological polar surface area (TPSA) is 64.4 Å². The Morgan fingerprint density at radius 2 is 2.16 bits per heavy atom. The molecule has 1 fully saturated rings. The van der Waals surface area contributed by atoms with Gasteiger partial charge in [0.2, 0.25) is 10.0 Å². The summed E-state index contributed by atoms with van der Waals surface area (Å²) in [6, 6.07) is 0. The molecule has 0 radical (unpaired) electrons. The van der Waals surface area contributed by atoms with Crippen molar-refractivity contribution in [3.8, 4) is 0 Å². The number of piperidine rings is 1. The number of halogens is 1. The zero-order valence-electron chi connectivity index (χ0n) is 10.8. The Morgan fingerprint density at radius 3 is 2.68 bits per heavy atom. The van der Waals surface area contributed by atoms with Crippen molar-refractivity contribution in [3.63, 3.8) is 0 Å². The molecule has 1 aromatic heterocycles. The van der Waals surface area contributed by atoms with E-state index in [0.29, 0.717) is 19.7 Å². The Morgan fingerprint density at radius 1 is 1.47 bits per heavy atom. The molecular formula is C11H18BrN3O3S. The second-order valence-electron chi connectivity index (χ2n) is 4.51. The highest BCUT2D eigenvalue weighted by Crippen LogP contribution is 2.21. The largest absolute Gasteiger partial charge is 0.377 e. The molecule has 0 amide bonds. The van der Waals surface area contributed by atoms with Crippen LogP contribution in [0.2, 0.25) is 0 Å². The zero-order chi connectivity index (χ0) is 13.9. The molecule has 0 atom stereocenters. The minimum absolute atomic E-state index is 0.165. The summed E-state index contributed by atoms with van der Waals surface area (Å²) in [4.78, 5) is 0.259. The van der Waals surface area contributed by atoms with Crippen LogP contribution < -0.4 is 0 Å². The Bertz CT molecular complexity index is 509. The molecule has 0 bridgehead atoms. The molecule has 8 heteroatoms. The van der Waals surface area contributed by atoms with Gasteiger partial charge in [-0.1, -0.05) is 15.9 Å². The van der Waals surface area contributed by atoms with E-state index in [1.54, 1.807) is 7.05 Å². The smallest absolute Gasteiger partial charge is 0.246 e. The summed E-state index contributed by atoms with van der Waals surface area (Å²) in [5.41, 5.74) is 0. The lowest BCUT2D eigenvalue weighted by atomic mass is 10.1. The van der Waals surface area contributed by atoms with E-state index >= 15 is 0 Å². The summed E-state index contributed by atoms with van der Waals surface area (Å²) in [6.07, 6.45) is 4.57. The van der Waals surface area contributed by atoms with Crippen molar-refractivity contribution >= 4 is 26.0 Å². The SMILES string of the molecule is Cn1cc(S(=O)(=O)N2CCC(OCCBr)CC2)cn1. The van der Waals surface area contributed by atoms with E-state index in [4.69, 9.17) is 4.74 Å². The second-order valence-corrected chi connectivity index (χ2v) is 7.24. The first-order valence-corrected chi connectivity index (χ1v) is 8.76. The predicted molar refractivity (Wildman–Crippen MR) is 74.7 cm³/mol. The molecule has 1 saturated heterocycles. The number of hydrogen-bond acceptors (Lipinski definition) is 4. The fraction of sp³-hybridized carbons (Fsp3) is 0.727. The maximum absolute atomic E-state index is 12.3. The van der Waals surface area contributed by atoms with Crippen LogP contribution >= 0.6 is 15.9 Å². The average Bonchev–Trinajstić information content (AvgIpc) is 2.84. The van der Waals surface area contributed by atoms with Crippen molar-refractivity contribution in [1.29, 1.82) is 0 Å².